The zero-order valence-corrected chi connectivity index (χ0v) is 39.6. The van der Waals surface area contributed by atoms with Crippen molar-refractivity contribution in [2.24, 2.45) is 0 Å². The van der Waals surface area contributed by atoms with Crippen LogP contribution in [0.1, 0.15) is 0 Å². The number of hydrogen-bond donors (Lipinski definition) is 0. The lowest BCUT2D eigenvalue weighted by atomic mass is 10.0. The average molecular weight is 927 g/mol. The molecular formula is C66H46N4S. The van der Waals surface area contributed by atoms with E-state index in [9.17, 15) is 0 Å². The molecule has 0 unspecified atom stereocenters. The van der Waals surface area contributed by atoms with Crippen LogP contribution in [-0.2, 0) is 0 Å². The van der Waals surface area contributed by atoms with Crippen LogP contribution in [0.5, 0.6) is 0 Å². The van der Waals surface area contributed by atoms with Gasteiger partial charge in [-0.1, -0.05) is 133 Å². The molecule has 0 saturated carbocycles. The molecule has 0 spiro atoms. The SMILES string of the molecule is c1ccc(N(c2ccccc2)c2ccc(-c3ccc(N(c4ccc5sc6ccc(N(c7ccccc7)c7ccccc7)cc6c5c4)c4ccc5c(c4)c4ccccc4n5-c4ccccc4)cc3)cc2)cc1. The first-order valence-electron chi connectivity index (χ1n) is 24.1. The molecule has 5 heteroatoms. The number of rotatable bonds is 11. The van der Waals surface area contributed by atoms with Crippen molar-refractivity contribution in [2.45, 2.75) is 0 Å². The monoisotopic (exact) mass is 926 g/mol. The summed E-state index contributed by atoms with van der Waals surface area (Å²) >= 11 is 1.85. The Kier molecular flexibility index (Phi) is 10.7. The van der Waals surface area contributed by atoms with Crippen molar-refractivity contribution >= 4 is 105 Å². The first kappa shape index (κ1) is 42.0. The molecule has 336 valence electrons. The third kappa shape index (κ3) is 7.75. The van der Waals surface area contributed by atoms with E-state index in [1.165, 1.54) is 42.0 Å². The fourth-order valence-corrected chi connectivity index (χ4v) is 11.3. The van der Waals surface area contributed by atoms with Crippen molar-refractivity contribution in [3.8, 4) is 16.8 Å². The van der Waals surface area contributed by atoms with E-state index < -0.39 is 0 Å². The van der Waals surface area contributed by atoms with Crippen LogP contribution in [0.25, 0.3) is 58.8 Å². The fraction of sp³-hybridized carbons (Fsp3) is 0. The molecule has 0 fully saturated rings. The number of para-hydroxylation sites is 6. The normalized spacial score (nSPS) is 11.4. The van der Waals surface area contributed by atoms with Crippen molar-refractivity contribution in [3.05, 3.63) is 279 Å². The molecule has 2 heterocycles. The van der Waals surface area contributed by atoms with Gasteiger partial charge in [-0.25, -0.2) is 0 Å². The summed E-state index contributed by atoms with van der Waals surface area (Å²) in [5.74, 6) is 0. The minimum atomic E-state index is 1.08. The summed E-state index contributed by atoms with van der Waals surface area (Å²) in [7, 11) is 0. The van der Waals surface area contributed by atoms with E-state index in [1.54, 1.807) is 0 Å². The van der Waals surface area contributed by atoms with E-state index >= 15 is 0 Å². The largest absolute Gasteiger partial charge is 0.311 e. The first-order chi connectivity index (χ1) is 35.2. The molecule has 0 aliphatic heterocycles. The molecule has 13 aromatic rings. The van der Waals surface area contributed by atoms with E-state index in [-0.39, 0.29) is 0 Å². The highest BCUT2D eigenvalue weighted by atomic mass is 32.1. The molecule has 2 aromatic heterocycles. The lowest BCUT2D eigenvalue weighted by molar-refractivity contribution is 1.18. The van der Waals surface area contributed by atoms with Crippen LogP contribution in [0.15, 0.2) is 279 Å². The van der Waals surface area contributed by atoms with Gasteiger partial charge in [0.1, 0.15) is 0 Å². The number of fused-ring (bicyclic) bond motifs is 6. The van der Waals surface area contributed by atoms with Crippen LogP contribution >= 0.6 is 11.3 Å². The first-order valence-corrected chi connectivity index (χ1v) is 24.9. The van der Waals surface area contributed by atoms with E-state index in [2.05, 4.69) is 298 Å². The molecule has 0 saturated heterocycles. The Balaban J connectivity index is 0.935. The van der Waals surface area contributed by atoms with Gasteiger partial charge >= 0.3 is 0 Å². The number of nitrogens with zero attached hydrogens (tertiary/aromatic N) is 4. The molecular weight excluding hydrogens is 881 g/mol. The lowest BCUT2D eigenvalue weighted by Crippen LogP contribution is -2.10. The summed E-state index contributed by atoms with van der Waals surface area (Å²) in [5, 5.41) is 4.89. The van der Waals surface area contributed by atoms with Crippen LogP contribution in [0.2, 0.25) is 0 Å². The van der Waals surface area contributed by atoms with E-state index in [4.69, 9.17) is 0 Å². The van der Waals surface area contributed by atoms with E-state index in [0.29, 0.717) is 0 Å². The summed E-state index contributed by atoms with van der Waals surface area (Å²) in [6, 6.07) is 101. The van der Waals surface area contributed by atoms with Crippen molar-refractivity contribution in [2.75, 3.05) is 14.7 Å². The number of anilines is 9. The summed E-state index contributed by atoms with van der Waals surface area (Å²) in [6.45, 7) is 0. The number of thiophene rings is 1. The quantitative estimate of drug-likeness (QED) is 0.128. The molecule has 0 atom stereocenters. The minimum absolute atomic E-state index is 1.08. The number of benzene rings is 11. The molecule has 71 heavy (non-hydrogen) atoms. The predicted octanol–water partition coefficient (Wildman–Crippen LogP) is 19.2. The van der Waals surface area contributed by atoms with Crippen molar-refractivity contribution in [1.29, 1.82) is 0 Å². The van der Waals surface area contributed by atoms with Gasteiger partial charge in [-0.15, -0.1) is 11.3 Å². The fourth-order valence-electron chi connectivity index (χ4n) is 10.2. The highest BCUT2D eigenvalue weighted by Crippen LogP contribution is 2.45. The second-order valence-electron chi connectivity index (χ2n) is 17.8. The summed E-state index contributed by atoms with van der Waals surface area (Å²) in [5.41, 5.74) is 15.8. The van der Waals surface area contributed by atoms with Gasteiger partial charge < -0.3 is 19.3 Å². The minimum Gasteiger partial charge on any atom is -0.311 e. The van der Waals surface area contributed by atoms with Gasteiger partial charge in [-0.2, -0.15) is 0 Å². The molecule has 11 aromatic carbocycles. The Hall–Kier alpha value is -9.16. The topological polar surface area (TPSA) is 14.7 Å². The van der Waals surface area contributed by atoms with Crippen LogP contribution in [0, 0.1) is 0 Å². The zero-order chi connectivity index (χ0) is 47.1. The average Bonchev–Trinajstić information content (AvgIpc) is 3.98. The smallest absolute Gasteiger partial charge is 0.0542 e. The second kappa shape index (κ2) is 18.1. The Morgan fingerprint density at radius 1 is 0.239 bits per heavy atom. The Bertz CT molecular complexity index is 3890. The molecule has 0 aliphatic rings. The van der Waals surface area contributed by atoms with Crippen LogP contribution in [0.4, 0.5) is 51.2 Å². The molecule has 13 rings (SSSR count). The maximum Gasteiger partial charge on any atom is 0.0542 e. The summed E-state index contributed by atoms with van der Waals surface area (Å²) < 4.78 is 4.90. The number of aromatic nitrogens is 1. The maximum absolute atomic E-state index is 2.42. The Labute approximate surface area is 417 Å². The van der Waals surface area contributed by atoms with Gasteiger partial charge in [-0.3, -0.25) is 0 Å². The van der Waals surface area contributed by atoms with Gasteiger partial charge in [0.2, 0.25) is 0 Å². The molecule has 0 bridgehead atoms. The lowest BCUT2D eigenvalue weighted by Gasteiger charge is -2.26. The second-order valence-corrected chi connectivity index (χ2v) is 18.9. The molecule has 0 radical (unpaired) electrons. The zero-order valence-electron chi connectivity index (χ0n) is 38.8. The molecule has 4 nitrogen and oxygen atoms in total. The van der Waals surface area contributed by atoms with Crippen molar-refractivity contribution in [1.82, 2.24) is 4.57 Å². The standard InChI is InChI=1S/C66H46N4S/c1-6-18-49(19-7-1)67(50-20-8-2-9-21-50)54-34-30-47(31-35-54)48-32-36-55(37-33-48)69(56-38-41-64-60(44-56)59-28-16-17-29-63(59)70(64)53-26-14-5-15-27-53)58-40-43-66-62(46-58)61-45-57(39-42-65(61)71-66)68(51-22-10-3-11-23-51)52-24-12-4-13-25-52/h1-46H. The van der Waals surface area contributed by atoms with Gasteiger partial charge in [-0.05, 0) is 157 Å². The Morgan fingerprint density at radius 3 is 1.03 bits per heavy atom. The molecule has 0 aliphatic carbocycles. The van der Waals surface area contributed by atoms with Crippen molar-refractivity contribution in [3.63, 3.8) is 0 Å². The van der Waals surface area contributed by atoms with Crippen LogP contribution in [-0.4, -0.2) is 4.57 Å². The van der Waals surface area contributed by atoms with Crippen LogP contribution in [0.3, 0.4) is 0 Å². The van der Waals surface area contributed by atoms with Gasteiger partial charge in [0.15, 0.2) is 0 Å². The van der Waals surface area contributed by atoms with Gasteiger partial charge in [0, 0.05) is 87.8 Å². The number of hydrogen-bond acceptors (Lipinski definition) is 4. The van der Waals surface area contributed by atoms with E-state index in [1.807, 2.05) is 11.3 Å². The summed E-state index contributed by atoms with van der Waals surface area (Å²) in [4.78, 5) is 7.07. The van der Waals surface area contributed by atoms with E-state index in [0.717, 1.165) is 68.0 Å². The highest BCUT2D eigenvalue weighted by molar-refractivity contribution is 7.25. The maximum atomic E-state index is 2.42. The molecule has 0 amide bonds. The molecule has 0 N–H and O–H groups in total. The Morgan fingerprint density at radius 2 is 0.563 bits per heavy atom. The highest BCUT2D eigenvalue weighted by Gasteiger charge is 2.21. The third-order valence-electron chi connectivity index (χ3n) is 13.5. The summed E-state index contributed by atoms with van der Waals surface area (Å²) in [6.07, 6.45) is 0. The third-order valence-corrected chi connectivity index (χ3v) is 14.7. The van der Waals surface area contributed by atoms with Crippen molar-refractivity contribution < 1.29 is 0 Å². The van der Waals surface area contributed by atoms with Crippen LogP contribution < -0.4 is 14.7 Å². The van der Waals surface area contributed by atoms with Gasteiger partial charge in [0.25, 0.3) is 0 Å². The predicted molar refractivity (Wildman–Crippen MR) is 303 cm³/mol. The van der Waals surface area contributed by atoms with Gasteiger partial charge in [0.05, 0.1) is 11.0 Å².